The summed E-state index contributed by atoms with van der Waals surface area (Å²) < 4.78 is 0. The van der Waals surface area contributed by atoms with Gasteiger partial charge in [0.15, 0.2) is 11.7 Å². The highest BCUT2D eigenvalue weighted by molar-refractivity contribution is 7.18. The first-order valence-electron chi connectivity index (χ1n) is 11.0. The molecule has 1 aliphatic heterocycles. The Morgan fingerprint density at radius 1 is 1.36 bits per heavy atom. The van der Waals surface area contributed by atoms with Crippen LogP contribution >= 0.6 is 22.9 Å². The van der Waals surface area contributed by atoms with Crippen LogP contribution in [0.5, 0.6) is 0 Å². The Kier molecular flexibility index (Phi) is 5.55. The summed E-state index contributed by atoms with van der Waals surface area (Å²) in [4.78, 5) is 48.9. The van der Waals surface area contributed by atoms with Gasteiger partial charge in [-0.15, -0.1) is 11.3 Å². The van der Waals surface area contributed by atoms with E-state index in [1.165, 1.54) is 17.4 Å². The predicted octanol–water partition coefficient (Wildman–Crippen LogP) is 4.38. The Bertz CT molecular complexity index is 1400. The maximum Gasteiger partial charge on any atom is 0.259 e. The van der Waals surface area contributed by atoms with Crippen LogP contribution in [-0.2, 0) is 17.6 Å². The highest BCUT2D eigenvalue weighted by Crippen LogP contribution is 2.36. The summed E-state index contributed by atoms with van der Waals surface area (Å²) in [7, 11) is 0. The number of anilines is 1. The minimum Gasteiger partial charge on any atom is -0.311 e. The molecular weight excluding hydrogens is 460 g/mol. The fourth-order valence-corrected chi connectivity index (χ4v) is 6.30. The number of carbonyl (C=O) groups is 2. The molecule has 9 heteroatoms. The lowest BCUT2D eigenvalue weighted by molar-refractivity contribution is -0.117. The lowest BCUT2D eigenvalue weighted by Crippen LogP contribution is -2.25. The molecule has 2 unspecified atom stereocenters. The van der Waals surface area contributed by atoms with Crippen LogP contribution in [-0.4, -0.2) is 28.2 Å². The molecule has 0 spiro atoms. The van der Waals surface area contributed by atoms with Crippen LogP contribution in [0.15, 0.2) is 23.0 Å². The molecule has 2 aliphatic rings. The van der Waals surface area contributed by atoms with Crippen molar-refractivity contribution in [3.05, 3.63) is 55.4 Å². The molecule has 0 saturated carbocycles. The van der Waals surface area contributed by atoms with Gasteiger partial charge < -0.3 is 9.88 Å². The number of thiophene rings is 1. The number of nitriles is 1. The molecule has 1 saturated heterocycles. The SMILES string of the molecule is CC1CCc2c(sc3nc(C(C#N)C(=O)c4ccc(Cl)c(N5CCCC5=O)c4)[nH]c(=O)c23)C1. The van der Waals surface area contributed by atoms with E-state index in [2.05, 4.69) is 16.9 Å². The number of aromatic nitrogens is 2. The van der Waals surface area contributed by atoms with Gasteiger partial charge in [0.05, 0.1) is 22.2 Å². The summed E-state index contributed by atoms with van der Waals surface area (Å²) in [6.07, 6.45) is 3.93. The number of halogens is 1. The van der Waals surface area contributed by atoms with E-state index in [0.29, 0.717) is 39.8 Å². The second kappa shape index (κ2) is 8.40. The molecule has 1 aliphatic carbocycles. The summed E-state index contributed by atoms with van der Waals surface area (Å²) in [5.74, 6) is -1.23. The molecule has 2 aromatic heterocycles. The molecule has 33 heavy (non-hydrogen) atoms. The van der Waals surface area contributed by atoms with Crippen molar-refractivity contribution in [2.24, 2.45) is 5.92 Å². The Morgan fingerprint density at radius 3 is 2.91 bits per heavy atom. The number of H-pyrrole nitrogens is 1. The molecule has 0 bridgehead atoms. The van der Waals surface area contributed by atoms with E-state index in [1.807, 2.05) is 6.07 Å². The number of carbonyl (C=O) groups excluding carboxylic acids is 2. The summed E-state index contributed by atoms with van der Waals surface area (Å²) in [5, 5.41) is 10.8. The van der Waals surface area contributed by atoms with Crippen molar-refractivity contribution >= 4 is 50.5 Å². The zero-order valence-corrected chi connectivity index (χ0v) is 19.6. The van der Waals surface area contributed by atoms with Gasteiger partial charge in [-0.05, 0) is 55.4 Å². The molecule has 1 N–H and O–H groups in total. The average Bonchev–Trinajstić information content (AvgIpc) is 3.37. The Hall–Kier alpha value is -3.02. The van der Waals surface area contributed by atoms with E-state index >= 15 is 0 Å². The summed E-state index contributed by atoms with van der Waals surface area (Å²) in [5.41, 5.74) is 1.43. The lowest BCUT2D eigenvalue weighted by atomic mass is 9.89. The summed E-state index contributed by atoms with van der Waals surface area (Å²) in [6, 6.07) is 6.62. The monoisotopic (exact) mass is 480 g/mol. The number of benzene rings is 1. The van der Waals surface area contributed by atoms with Crippen LogP contribution in [0, 0.1) is 17.2 Å². The minimum atomic E-state index is -1.27. The van der Waals surface area contributed by atoms with Crippen molar-refractivity contribution in [3.8, 4) is 6.07 Å². The maximum atomic E-state index is 13.3. The Labute approximate surface area is 199 Å². The first kappa shape index (κ1) is 21.8. The number of ketones is 1. The van der Waals surface area contributed by atoms with Gasteiger partial charge in [-0.25, -0.2) is 4.98 Å². The molecule has 0 radical (unpaired) electrons. The van der Waals surface area contributed by atoms with Crippen molar-refractivity contribution in [2.75, 3.05) is 11.4 Å². The first-order valence-corrected chi connectivity index (χ1v) is 12.1. The lowest BCUT2D eigenvalue weighted by Gasteiger charge is -2.18. The van der Waals surface area contributed by atoms with Gasteiger partial charge in [0, 0.05) is 23.4 Å². The normalized spacial score (nSPS) is 18.9. The standard InChI is InChI=1S/C24H21ClN4O3S/c1-12-4-6-14-18(9-12)33-24-20(14)23(32)27-22(28-24)15(11-26)21(31)13-5-7-16(25)17(10-13)29-8-2-3-19(29)30/h5,7,10,12,15H,2-4,6,8-9H2,1H3,(H,27,28,32). The second-order valence-corrected chi connectivity index (χ2v) is 10.2. The predicted molar refractivity (Wildman–Crippen MR) is 127 cm³/mol. The first-order chi connectivity index (χ1) is 15.9. The van der Waals surface area contributed by atoms with Crippen LogP contribution in [0.2, 0.25) is 5.02 Å². The molecule has 1 fully saturated rings. The molecule has 1 amide bonds. The second-order valence-electron chi connectivity index (χ2n) is 8.72. The number of rotatable bonds is 4. The van der Waals surface area contributed by atoms with Crippen molar-refractivity contribution in [1.82, 2.24) is 9.97 Å². The van der Waals surface area contributed by atoms with E-state index in [9.17, 15) is 19.6 Å². The summed E-state index contributed by atoms with van der Waals surface area (Å²) >= 11 is 7.77. The topological polar surface area (TPSA) is 107 Å². The third-order valence-electron chi connectivity index (χ3n) is 6.44. The molecule has 3 aromatic rings. The number of nitrogens with zero attached hydrogens (tertiary/aromatic N) is 3. The van der Waals surface area contributed by atoms with E-state index < -0.39 is 11.7 Å². The highest BCUT2D eigenvalue weighted by Gasteiger charge is 2.30. The van der Waals surface area contributed by atoms with Crippen molar-refractivity contribution in [1.29, 1.82) is 5.26 Å². The van der Waals surface area contributed by atoms with Crippen molar-refractivity contribution < 1.29 is 9.59 Å². The van der Waals surface area contributed by atoms with Gasteiger partial charge in [0.25, 0.3) is 5.56 Å². The Morgan fingerprint density at radius 2 is 2.18 bits per heavy atom. The van der Waals surface area contributed by atoms with Crippen LogP contribution in [0.25, 0.3) is 10.2 Å². The van der Waals surface area contributed by atoms with Crippen molar-refractivity contribution in [3.63, 3.8) is 0 Å². The smallest absolute Gasteiger partial charge is 0.259 e. The van der Waals surface area contributed by atoms with Crippen LogP contribution < -0.4 is 10.5 Å². The third-order valence-corrected chi connectivity index (χ3v) is 7.91. The third kappa shape index (κ3) is 3.75. The molecular formula is C24H21ClN4O3S. The van der Waals surface area contributed by atoms with Gasteiger partial charge in [0.1, 0.15) is 10.7 Å². The fourth-order valence-electron chi connectivity index (χ4n) is 4.69. The number of Topliss-reactive ketones (excluding diaryl/α,β-unsaturated/α-hetero) is 1. The van der Waals surface area contributed by atoms with Crippen LogP contribution in [0.3, 0.4) is 0 Å². The minimum absolute atomic E-state index is 0.0420. The van der Waals surface area contributed by atoms with E-state index in [-0.39, 0.29) is 22.9 Å². The number of aromatic amines is 1. The zero-order valence-electron chi connectivity index (χ0n) is 18.0. The number of amides is 1. The van der Waals surface area contributed by atoms with Gasteiger partial charge in [-0.3, -0.25) is 14.4 Å². The van der Waals surface area contributed by atoms with E-state index in [0.717, 1.165) is 36.1 Å². The van der Waals surface area contributed by atoms with Crippen LogP contribution in [0.1, 0.15) is 58.7 Å². The van der Waals surface area contributed by atoms with Gasteiger partial charge in [-0.2, -0.15) is 5.26 Å². The van der Waals surface area contributed by atoms with Gasteiger partial charge >= 0.3 is 0 Å². The fraction of sp³-hybridized carbons (Fsp3) is 0.375. The molecule has 7 nitrogen and oxygen atoms in total. The molecule has 1 aromatic carbocycles. The quantitative estimate of drug-likeness (QED) is 0.557. The summed E-state index contributed by atoms with van der Waals surface area (Å²) in [6.45, 7) is 2.72. The molecule has 5 rings (SSSR count). The number of nitrogens with one attached hydrogen (secondary N) is 1. The number of aryl methyl sites for hydroxylation is 1. The van der Waals surface area contributed by atoms with E-state index in [1.54, 1.807) is 17.0 Å². The van der Waals surface area contributed by atoms with Gasteiger partial charge in [0.2, 0.25) is 5.91 Å². The highest BCUT2D eigenvalue weighted by atomic mass is 35.5. The molecule has 168 valence electrons. The number of hydrogen-bond acceptors (Lipinski definition) is 6. The number of fused-ring (bicyclic) bond motifs is 3. The number of hydrogen-bond donors (Lipinski definition) is 1. The Balaban J connectivity index is 1.53. The van der Waals surface area contributed by atoms with Crippen molar-refractivity contribution in [2.45, 2.75) is 44.9 Å². The average molecular weight is 481 g/mol. The molecule has 3 heterocycles. The molecule has 2 atom stereocenters. The van der Waals surface area contributed by atoms with E-state index in [4.69, 9.17) is 11.6 Å². The van der Waals surface area contributed by atoms with Crippen LogP contribution in [0.4, 0.5) is 5.69 Å². The van der Waals surface area contributed by atoms with Gasteiger partial charge in [-0.1, -0.05) is 18.5 Å². The largest absolute Gasteiger partial charge is 0.311 e. The zero-order chi connectivity index (χ0) is 23.3. The maximum absolute atomic E-state index is 13.3.